The van der Waals surface area contributed by atoms with Crippen molar-refractivity contribution in [3.63, 3.8) is 0 Å². The first-order valence-electron chi connectivity index (χ1n) is 12.1. The molecule has 0 aliphatic carbocycles. The number of piperazine rings is 1. The van der Waals surface area contributed by atoms with Crippen molar-refractivity contribution in [2.24, 2.45) is 5.92 Å². The van der Waals surface area contributed by atoms with Gasteiger partial charge in [0.2, 0.25) is 17.7 Å². The Morgan fingerprint density at radius 1 is 1.08 bits per heavy atom. The van der Waals surface area contributed by atoms with Crippen LogP contribution >= 0.6 is 0 Å². The highest BCUT2D eigenvalue weighted by Crippen LogP contribution is 2.27. The molecule has 0 bridgehead atoms. The molecule has 5 heterocycles. The molecule has 12 heteroatoms. The number of nitrogens with zero attached hydrogens (tertiary/aromatic N) is 7. The van der Waals surface area contributed by atoms with Gasteiger partial charge in [0, 0.05) is 50.4 Å². The topological polar surface area (TPSA) is 114 Å². The Morgan fingerprint density at radius 3 is 2.83 bits per heavy atom. The van der Waals surface area contributed by atoms with Gasteiger partial charge >= 0.3 is 0 Å². The predicted octanol–water partition coefficient (Wildman–Crippen LogP) is 2.33. The summed E-state index contributed by atoms with van der Waals surface area (Å²) in [6.45, 7) is 4.67. The van der Waals surface area contributed by atoms with E-state index in [4.69, 9.17) is 10.2 Å². The van der Waals surface area contributed by atoms with E-state index in [2.05, 4.69) is 35.2 Å². The van der Waals surface area contributed by atoms with Crippen molar-refractivity contribution in [1.29, 1.82) is 0 Å². The first-order valence-corrected chi connectivity index (χ1v) is 12.1. The lowest BCUT2D eigenvalue weighted by Crippen LogP contribution is -2.57. The number of fused-ring (bicyclic) bond motifs is 2. The van der Waals surface area contributed by atoms with Crippen LogP contribution in [0.15, 0.2) is 41.0 Å². The van der Waals surface area contributed by atoms with E-state index in [9.17, 15) is 8.78 Å². The fraction of sp³-hybridized carbons (Fsp3) is 0.417. The van der Waals surface area contributed by atoms with Crippen LogP contribution in [0, 0.1) is 17.6 Å². The van der Waals surface area contributed by atoms with Gasteiger partial charge in [0.1, 0.15) is 11.6 Å². The summed E-state index contributed by atoms with van der Waals surface area (Å²) < 4.78 is 33.8. The molecule has 3 aromatic heterocycles. The number of piperidine rings is 1. The summed E-state index contributed by atoms with van der Waals surface area (Å²) in [7, 11) is 0. The van der Waals surface area contributed by atoms with Crippen molar-refractivity contribution in [1.82, 2.24) is 34.8 Å². The third-order valence-corrected chi connectivity index (χ3v) is 7.02. The van der Waals surface area contributed by atoms with E-state index >= 15 is 0 Å². The molecule has 4 aromatic rings. The lowest BCUT2D eigenvalue weighted by atomic mass is 9.91. The molecule has 36 heavy (non-hydrogen) atoms. The number of aromatic nitrogens is 5. The minimum atomic E-state index is -0.554. The Kier molecular flexibility index (Phi) is 5.97. The minimum absolute atomic E-state index is 0.232. The fourth-order valence-corrected chi connectivity index (χ4v) is 5.13. The molecule has 2 aliphatic heterocycles. The van der Waals surface area contributed by atoms with Crippen LogP contribution < -0.4 is 16.0 Å². The van der Waals surface area contributed by atoms with Crippen LogP contribution in [-0.4, -0.2) is 68.2 Å². The third-order valence-electron chi connectivity index (χ3n) is 7.02. The normalized spacial score (nSPS) is 20.7. The Labute approximate surface area is 206 Å². The molecule has 0 saturated carbocycles. The number of benzene rings is 1. The van der Waals surface area contributed by atoms with E-state index in [-0.39, 0.29) is 5.95 Å². The second-order valence-corrected chi connectivity index (χ2v) is 9.41. The Balaban J connectivity index is 1.06. The maximum absolute atomic E-state index is 13.9. The second-order valence-electron chi connectivity index (χ2n) is 9.41. The van der Waals surface area contributed by atoms with Gasteiger partial charge < -0.3 is 20.4 Å². The van der Waals surface area contributed by atoms with Crippen molar-refractivity contribution in [3.8, 4) is 11.6 Å². The number of nitrogen functional groups attached to an aromatic ring is 1. The number of halogens is 2. The lowest BCUT2D eigenvalue weighted by molar-refractivity contribution is 0.0945. The zero-order valence-corrected chi connectivity index (χ0v) is 19.6. The monoisotopic (exact) mass is 495 g/mol. The number of hydrogen-bond acceptors (Lipinski definition) is 9. The Morgan fingerprint density at radius 2 is 2.00 bits per heavy atom. The first kappa shape index (κ1) is 22.8. The smallest absolute Gasteiger partial charge is 0.259 e. The summed E-state index contributed by atoms with van der Waals surface area (Å²) in [5.41, 5.74) is 6.66. The molecule has 0 amide bonds. The summed E-state index contributed by atoms with van der Waals surface area (Å²) >= 11 is 0. The van der Waals surface area contributed by atoms with Crippen LogP contribution in [-0.2, 0) is 6.54 Å². The number of furan rings is 1. The minimum Gasteiger partial charge on any atom is -0.461 e. The van der Waals surface area contributed by atoms with Crippen LogP contribution in [0.4, 0.5) is 20.7 Å². The van der Waals surface area contributed by atoms with Gasteiger partial charge in [-0.3, -0.25) is 4.90 Å². The molecular weight excluding hydrogens is 468 g/mol. The third kappa shape index (κ3) is 4.49. The SMILES string of the molecule is Nc1nc(N2CCN3CC(CNCc4ccc(F)cc4F)CCC3C2)nc2nc(-c3ccco3)nn12. The van der Waals surface area contributed by atoms with E-state index in [1.165, 1.54) is 16.6 Å². The number of nitrogens with one attached hydrogen (secondary N) is 1. The highest BCUT2D eigenvalue weighted by Gasteiger charge is 2.34. The molecule has 2 saturated heterocycles. The molecule has 3 N–H and O–H groups in total. The average molecular weight is 496 g/mol. The van der Waals surface area contributed by atoms with Gasteiger partial charge in [-0.15, -0.1) is 5.10 Å². The molecule has 2 fully saturated rings. The highest BCUT2D eigenvalue weighted by molar-refractivity contribution is 5.53. The second kappa shape index (κ2) is 9.43. The molecule has 10 nitrogen and oxygen atoms in total. The summed E-state index contributed by atoms with van der Waals surface area (Å²) in [6.07, 6.45) is 3.70. The van der Waals surface area contributed by atoms with Gasteiger partial charge in [-0.1, -0.05) is 6.07 Å². The van der Waals surface area contributed by atoms with Crippen LogP contribution in [0.2, 0.25) is 0 Å². The maximum atomic E-state index is 13.9. The summed E-state index contributed by atoms with van der Waals surface area (Å²) in [4.78, 5) is 18.3. The zero-order chi connectivity index (χ0) is 24.6. The Hall–Kier alpha value is -3.64. The van der Waals surface area contributed by atoms with Crippen LogP contribution in [0.25, 0.3) is 17.4 Å². The fourth-order valence-electron chi connectivity index (χ4n) is 5.13. The summed E-state index contributed by atoms with van der Waals surface area (Å²) in [5, 5.41) is 7.70. The quantitative estimate of drug-likeness (QED) is 0.416. The van der Waals surface area contributed by atoms with Crippen LogP contribution in [0.5, 0.6) is 0 Å². The standard InChI is InChI=1S/C24H27F2N9O/c25-17-5-4-16(19(26)10-17)12-28-11-15-3-6-18-14-34(8-7-33(18)13-15)23-30-22(27)35-24(31-23)29-21(32-35)20-2-1-9-36-20/h1-2,4-5,9-10,15,18,28H,3,6-8,11-14H2,(H2,27,29,30,31,32). The summed E-state index contributed by atoms with van der Waals surface area (Å²) in [6, 6.07) is 7.68. The van der Waals surface area contributed by atoms with E-state index in [0.29, 0.717) is 47.4 Å². The van der Waals surface area contributed by atoms with Crippen molar-refractivity contribution >= 4 is 17.7 Å². The largest absolute Gasteiger partial charge is 0.461 e. The predicted molar refractivity (Wildman–Crippen MR) is 129 cm³/mol. The molecule has 2 unspecified atom stereocenters. The molecule has 0 radical (unpaired) electrons. The van der Waals surface area contributed by atoms with Crippen molar-refractivity contribution in [2.75, 3.05) is 43.4 Å². The number of nitrogens with two attached hydrogens (primary N) is 1. The maximum Gasteiger partial charge on any atom is 0.259 e. The first-order chi connectivity index (χ1) is 17.5. The Bertz CT molecular complexity index is 1360. The molecule has 2 atom stereocenters. The van der Waals surface area contributed by atoms with Gasteiger partial charge in [-0.2, -0.15) is 19.5 Å². The van der Waals surface area contributed by atoms with E-state index in [0.717, 1.165) is 51.6 Å². The van der Waals surface area contributed by atoms with E-state index < -0.39 is 11.6 Å². The molecular formula is C24H27F2N9O. The highest BCUT2D eigenvalue weighted by atomic mass is 19.1. The van der Waals surface area contributed by atoms with Gasteiger partial charge in [-0.25, -0.2) is 8.78 Å². The van der Waals surface area contributed by atoms with Gasteiger partial charge in [0.05, 0.1) is 6.26 Å². The van der Waals surface area contributed by atoms with Gasteiger partial charge in [0.15, 0.2) is 5.76 Å². The van der Waals surface area contributed by atoms with Crippen molar-refractivity contribution in [2.45, 2.75) is 25.4 Å². The van der Waals surface area contributed by atoms with Crippen LogP contribution in [0.1, 0.15) is 18.4 Å². The van der Waals surface area contributed by atoms with E-state index in [1.54, 1.807) is 18.4 Å². The number of hydrogen-bond donors (Lipinski definition) is 2. The average Bonchev–Trinajstić information content (AvgIpc) is 3.55. The van der Waals surface area contributed by atoms with Gasteiger partial charge in [0.25, 0.3) is 5.78 Å². The summed E-state index contributed by atoms with van der Waals surface area (Å²) in [5.74, 6) is 1.56. The molecule has 0 spiro atoms. The van der Waals surface area contributed by atoms with Crippen molar-refractivity contribution < 1.29 is 13.2 Å². The van der Waals surface area contributed by atoms with Crippen molar-refractivity contribution in [3.05, 3.63) is 53.8 Å². The molecule has 2 aliphatic rings. The van der Waals surface area contributed by atoms with Gasteiger partial charge in [-0.05, 0) is 43.5 Å². The van der Waals surface area contributed by atoms with Crippen LogP contribution in [0.3, 0.4) is 0 Å². The molecule has 1 aromatic carbocycles. The molecule has 188 valence electrons. The molecule has 6 rings (SSSR count). The number of rotatable bonds is 6. The lowest BCUT2D eigenvalue weighted by Gasteiger charge is -2.46. The zero-order valence-electron chi connectivity index (χ0n) is 19.6. The van der Waals surface area contributed by atoms with E-state index in [1.807, 2.05) is 0 Å². The number of anilines is 2.